The minimum Gasteiger partial charge on any atom is -0.480 e. The molecule has 0 aliphatic heterocycles. The number of hydrogen-bond donors (Lipinski definition) is 7. The van der Waals surface area contributed by atoms with Crippen LogP contribution in [0.1, 0.15) is 31.8 Å². The molecule has 0 fully saturated rings. The summed E-state index contributed by atoms with van der Waals surface area (Å²) < 4.78 is 0. The van der Waals surface area contributed by atoms with Crippen LogP contribution in [-0.2, 0) is 24.0 Å². The van der Waals surface area contributed by atoms with Crippen LogP contribution in [0.25, 0.3) is 22.8 Å². The van der Waals surface area contributed by atoms with E-state index >= 15 is 0 Å². The van der Waals surface area contributed by atoms with Gasteiger partial charge in [-0.1, -0.05) is 0 Å². The fourth-order valence-electron chi connectivity index (χ4n) is 6.09. The van der Waals surface area contributed by atoms with E-state index in [-0.39, 0.29) is 65.4 Å². The maximum absolute atomic E-state index is 12.8. The predicted molar refractivity (Wildman–Crippen MR) is 227 cm³/mol. The van der Waals surface area contributed by atoms with Gasteiger partial charge in [-0.05, 0) is 73.5 Å². The van der Waals surface area contributed by atoms with Crippen LogP contribution in [-0.4, -0.2) is 177 Å². The number of aryl methyl sites for hydroxylation is 2. The summed E-state index contributed by atoms with van der Waals surface area (Å²) in [6.45, 7) is 1.67. The molecule has 4 aromatic heterocycles. The third-order valence-corrected chi connectivity index (χ3v) is 9.14. The van der Waals surface area contributed by atoms with Crippen molar-refractivity contribution in [3.63, 3.8) is 0 Å². The third kappa shape index (κ3) is 17.7. The van der Waals surface area contributed by atoms with Crippen LogP contribution in [0.2, 0.25) is 0 Å². The van der Waals surface area contributed by atoms with Gasteiger partial charge < -0.3 is 36.6 Å². The molecule has 0 aliphatic carbocycles. The van der Waals surface area contributed by atoms with E-state index in [0.29, 0.717) is 33.9 Å². The topological polar surface area (TPSA) is 290 Å². The molecule has 0 saturated carbocycles. The Morgan fingerprint density at radius 1 is 0.444 bits per heavy atom. The van der Waals surface area contributed by atoms with Gasteiger partial charge in [0, 0.05) is 88.3 Å². The molecule has 0 unspecified atom stereocenters. The average molecular weight is 870 g/mol. The summed E-state index contributed by atoms with van der Waals surface area (Å²) in [5, 5.41) is 39.2. The molecule has 4 aromatic rings. The van der Waals surface area contributed by atoms with Crippen LogP contribution in [0.15, 0.2) is 73.3 Å². The lowest BCUT2D eigenvalue weighted by Crippen LogP contribution is -2.48. The van der Waals surface area contributed by atoms with E-state index in [1.165, 1.54) is 27.1 Å². The number of rotatable bonds is 26. The van der Waals surface area contributed by atoms with Gasteiger partial charge in [-0.15, -0.1) is 0 Å². The molecule has 0 spiro atoms. The van der Waals surface area contributed by atoms with E-state index in [9.17, 15) is 48.9 Å². The van der Waals surface area contributed by atoms with E-state index in [1.54, 1.807) is 36.7 Å². The quantitative estimate of drug-likeness (QED) is 0.0401. The molecule has 0 aliphatic rings. The van der Waals surface area contributed by atoms with Gasteiger partial charge in [-0.3, -0.25) is 68.2 Å². The molecule has 7 N–H and O–H groups in total. The van der Waals surface area contributed by atoms with Crippen molar-refractivity contribution in [1.82, 2.24) is 55.9 Å². The highest BCUT2D eigenvalue weighted by atomic mass is 16.4. The Morgan fingerprint density at radius 3 is 1.13 bits per heavy atom. The van der Waals surface area contributed by atoms with Crippen molar-refractivity contribution in [1.29, 1.82) is 0 Å². The number of carboxylic acids is 3. The fraction of sp³-hybridized carbons (Fsp3) is 0.357. The monoisotopic (exact) mass is 869 g/mol. The maximum Gasteiger partial charge on any atom is 0.317 e. The van der Waals surface area contributed by atoms with Gasteiger partial charge in [0.15, 0.2) is 0 Å². The second-order valence-electron chi connectivity index (χ2n) is 14.4. The molecule has 4 heterocycles. The highest BCUT2D eigenvalue weighted by Crippen LogP contribution is 2.17. The first-order chi connectivity index (χ1) is 30.1. The number of amides is 4. The van der Waals surface area contributed by atoms with E-state index in [0.717, 1.165) is 11.1 Å². The number of nitrogens with zero attached hydrogens (tertiary/aromatic N) is 7. The summed E-state index contributed by atoms with van der Waals surface area (Å²) in [6.07, 6.45) is 6.29. The molecule has 63 heavy (non-hydrogen) atoms. The van der Waals surface area contributed by atoms with Crippen LogP contribution >= 0.6 is 0 Å². The van der Waals surface area contributed by atoms with Crippen LogP contribution in [0.4, 0.5) is 0 Å². The summed E-state index contributed by atoms with van der Waals surface area (Å²) in [7, 11) is 0. The summed E-state index contributed by atoms with van der Waals surface area (Å²) >= 11 is 0. The third-order valence-electron chi connectivity index (χ3n) is 9.14. The summed E-state index contributed by atoms with van der Waals surface area (Å²) in [5.74, 6) is -5.52. The molecular formula is C42H51N11O10. The lowest BCUT2D eigenvalue weighted by Gasteiger charge is -2.28. The number of hydrogen-bond acceptors (Lipinski definition) is 14. The highest BCUT2D eigenvalue weighted by Gasteiger charge is 2.20. The number of carboxylic acid groups (broad SMARTS) is 3. The van der Waals surface area contributed by atoms with Crippen LogP contribution < -0.4 is 21.3 Å². The number of pyridine rings is 4. The Labute approximate surface area is 363 Å². The van der Waals surface area contributed by atoms with Crippen molar-refractivity contribution >= 4 is 41.5 Å². The summed E-state index contributed by atoms with van der Waals surface area (Å²) in [5.41, 5.74) is 4.91. The van der Waals surface area contributed by atoms with E-state index in [4.69, 9.17) is 0 Å². The van der Waals surface area contributed by atoms with Crippen molar-refractivity contribution in [2.75, 3.05) is 85.1 Å². The summed E-state index contributed by atoms with van der Waals surface area (Å²) in [6, 6.07) is 13.7. The minimum atomic E-state index is -1.22. The molecule has 4 rings (SSSR count). The molecule has 21 heteroatoms. The molecular weight excluding hydrogens is 819 g/mol. The van der Waals surface area contributed by atoms with E-state index in [1.807, 2.05) is 38.1 Å². The second kappa shape index (κ2) is 24.9. The van der Waals surface area contributed by atoms with Crippen molar-refractivity contribution in [3.8, 4) is 22.8 Å². The van der Waals surface area contributed by atoms with Gasteiger partial charge in [-0.25, -0.2) is 0 Å². The Kier molecular flexibility index (Phi) is 19.1. The first-order valence-corrected chi connectivity index (χ1v) is 19.9. The number of aliphatic carboxylic acids is 3. The molecule has 21 nitrogen and oxygen atoms in total. The van der Waals surface area contributed by atoms with Gasteiger partial charge in [0.2, 0.25) is 11.8 Å². The van der Waals surface area contributed by atoms with Crippen LogP contribution in [0.5, 0.6) is 0 Å². The SMILES string of the molecule is Cc1ccnc(-c2cc(C(=O)NCCNC(=O)CN(CCN(CCN(CC(=O)O)CC(=O)NCCNC(=O)c3ccnc(-c4cc(C)ccn4)c3)CC(=O)O)CC(=O)O)ccn2)c1. The van der Waals surface area contributed by atoms with Crippen LogP contribution in [0.3, 0.4) is 0 Å². The molecule has 0 atom stereocenters. The molecule has 4 amide bonds. The van der Waals surface area contributed by atoms with Crippen molar-refractivity contribution < 1.29 is 48.9 Å². The van der Waals surface area contributed by atoms with Gasteiger partial charge in [0.05, 0.1) is 55.5 Å². The highest BCUT2D eigenvalue weighted by molar-refractivity contribution is 5.95. The fourth-order valence-corrected chi connectivity index (χ4v) is 6.09. The zero-order valence-electron chi connectivity index (χ0n) is 35.0. The maximum atomic E-state index is 12.8. The van der Waals surface area contributed by atoms with Crippen LogP contribution in [0, 0.1) is 13.8 Å². The standard InChI is InChI=1S/C42H51N11O10/c1-28-3-7-43-32(19-28)34-21-30(5-9-45-34)41(62)49-13-11-47-36(54)23-52(26-39(58)59)17-15-51(25-38(56)57)16-18-53(27-40(60)61)24-37(55)48-12-14-50-42(63)31-6-10-46-35(22-31)33-20-29(2)4-8-44-33/h3-10,19-22H,11-18,23-27H2,1-2H3,(H,47,54)(H,48,55)(H,49,62)(H,50,63)(H,56,57)(H,58,59)(H,60,61). The Hall–Kier alpha value is -7.23. The average Bonchev–Trinajstić information content (AvgIpc) is 3.24. The van der Waals surface area contributed by atoms with Crippen molar-refractivity contribution in [2.45, 2.75) is 13.8 Å². The second-order valence-corrected chi connectivity index (χ2v) is 14.4. The van der Waals surface area contributed by atoms with Gasteiger partial charge in [-0.2, -0.15) is 0 Å². The molecule has 0 bridgehead atoms. The van der Waals surface area contributed by atoms with Crippen molar-refractivity contribution in [2.24, 2.45) is 0 Å². The number of nitrogens with one attached hydrogen (secondary N) is 4. The van der Waals surface area contributed by atoms with Gasteiger partial charge >= 0.3 is 17.9 Å². The van der Waals surface area contributed by atoms with Crippen molar-refractivity contribution in [3.05, 3.63) is 95.6 Å². The Balaban J connectivity index is 1.21. The minimum absolute atomic E-state index is 0.0117. The Morgan fingerprint density at radius 2 is 0.762 bits per heavy atom. The summed E-state index contributed by atoms with van der Waals surface area (Å²) in [4.78, 5) is 107. The first kappa shape index (κ1) is 48.4. The normalized spacial score (nSPS) is 11.0. The van der Waals surface area contributed by atoms with E-state index < -0.39 is 61.2 Å². The number of aromatic nitrogens is 4. The zero-order valence-corrected chi connectivity index (χ0v) is 35.0. The Bertz CT molecular complexity index is 2090. The molecule has 0 radical (unpaired) electrons. The molecule has 0 aromatic carbocycles. The smallest absolute Gasteiger partial charge is 0.317 e. The largest absolute Gasteiger partial charge is 0.480 e. The van der Waals surface area contributed by atoms with Gasteiger partial charge in [0.25, 0.3) is 11.8 Å². The van der Waals surface area contributed by atoms with E-state index in [2.05, 4.69) is 41.2 Å². The lowest BCUT2D eigenvalue weighted by molar-refractivity contribution is -0.141. The number of carbonyl (C=O) groups excluding carboxylic acids is 4. The van der Waals surface area contributed by atoms with Gasteiger partial charge in [0.1, 0.15) is 0 Å². The zero-order chi connectivity index (χ0) is 45.7. The molecule has 334 valence electrons. The molecule has 0 saturated heterocycles. The lowest BCUT2D eigenvalue weighted by atomic mass is 10.1. The first-order valence-electron chi connectivity index (χ1n) is 19.9. The number of carbonyl (C=O) groups is 7. The predicted octanol–water partition coefficient (Wildman–Crippen LogP) is -0.231.